The van der Waals surface area contributed by atoms with Crippen LogP contribution in [0.2, 0.25) is 0 Å². The molecule has 3 aromatic rings. The van der Waals surface area contributed by atoms with Gasteiger partial charge in [-0.1, -0.05) is 31.2 Å². The van der Waals surface area contributed by atoms with E-state index in [1.165, 1.54) is 0 Å². The molecule has 0 radical (unpaired) electrons. The quantitative estimate of drug-likeness (QED) is 0.691. The highest BCUT2D eigenvalue weighted by atomic mass is 16.5. The standard InChI is InChI=1S/C22H25N3O2/c1-4-21(27-20-7-5-6-16(2)14-20)22(26)24-15-18-8-10-19(11-9-18)25-13-12-23-17(25)3/h5-14,21H,4,15H2,1-3H3,(H,24,26)/t21-/m0/s1. The van der Waals surface area contributed by atoms with E-state index in [2.05, 4.69) is 10.3 Å². The number of nitrogens with one attached hydrogen (secondary N) is 1. The summed E-state index contributed by atoms with van der Waals surface area (Å²) in [6.45, 7) is 6.38. The van der Waals surface area contributed by atoms with Gasteiger partial charge >= 0.3 is 0 Å². The van der Waals surface area contributed by atoms with Crippen LogP contribution in [0, 0.1) is 13.8 Å². The molecular formula is C22H25N3O2. The van der Waals surface area contributed by atoms with Gasteiger partial charge in [0.2, 0.25) is 0 Å². The first-order valence-corrected chi connectivity index (χ1v) is 9.17. The van der Waals surface area contributed by atoms with Crippen LogP contribution in [0.15, 0.2) is 60.9 Å². The van der Waals surface area contributed by atoms with Gasteiger partial charge in [0, 0.05) is 24.6 Å². The second-order valence-corrected chi connectivity index (χ2v) is 6.56. The van der Waals surface area contributed by atoms with E-state index in [0.717, 1.165) is 28.4 Å². The molecule has 1 N–H and O–H groups in total. The topological polar surface area (TPSA) is 56.1 Å². The smallest absolute Gasteiger partial charge is 0.261 e. The maximum atomic E-state index is 12.5. The highest BCUT2D eigenvalue weighted by Gasteiger charge is 2.18. The van der Waals surface area contributed by atoms with Crippen LogP contribution < -0.4 is 10.1 Å². The fourth-order valence-electron chi connectivity index (χ4n) is 2.90. The molecule has 0 saturated heterocycles. The molecule has 0 spiro atoms. The summed E-state index contributed by atoms with van der Waals surface area (Å²) in [5.41, 5.74) is 3.19. The second-order valence-electron chi connectivity index (χ2n) is 6.56. The summed E-state index contributed by atoms with van der Waals surface area (Å²) < 4.78 is 7.87. The monoisotopic (exact) mass is 363 g/mol. The summed E-state index contributed by atoms with van der Waals surface area (Å²) >= 11 is 0. The number of rotatable bonds is 7. The van der Waals surface area contributed by atoms with E-state index in [1.54, 1.807) is 6.20 Å². The molecular weight excluding hydrogens is 338 g/mol. The van der Waals surface area contributed by atoms with Gasteiger partial charge in [0.05, 0.1) is 0 Å². The average molecular weight is 363 g/mol. The largest absolute Gasteiger partial charge is 0.481 e. The van der Waals surface area contributed by atoms with Gasteiger partial charge in [-0.3, -0.25) is 4.79 Å². The van der Waals surface area contributed by atoms with Crippen LogP contribution in [0.3, 0.4) is 0 Å². The Kier molecular flexibility index (Phi) is 5.91. The summed E-state index contributed by atoms with van der Waals surface area (Å²) in [4.78, 5) is 16.7. The number of nitrogens with zero attached hydrogens (tertiary/aromatic N) is 2. The maximum Gasteiger partial charge on any atom is 0.261 e. The molecule has 2 aromatic carbocycles. The molecule has 27 heavy (non-hydrogen) atoms. The number of aromatic nitrogens is 2. The molecule has 0 aliphatic heterocycles. The lowest BCUT2D eigenvalue weighted by Gasteiger charge is -2.17. The van der Waals surface area contributed by atoms with Crippen LogP contribution in [-0.4, -0.2) is 21.6 Å². The van der Waals surface area contributed by atoms with Crippen molar-refractivity contribution in [1.82, 2.24) is 14.9 Å². The number of imidazole rings is 1. The first-order valence-electron chi connectivity index (χ1n) is 9.17. The molecule has 0 saturated carbocycles. The molecule has 0 aliphatic carbocycles. The maximum absolute atomic E-state index is 12.5. The van der Waals surface area contributed by atoms with Gasteiger partial charge < -0.3 is 14.6 Å². The zero-order valence-corrected chi connectivity index (χ0v) is 16.0. The Bertz CT molecular complexity index is 900. The summed E-state index contributed by atoms with van der Waals surface area (Å²) in [5.74, 6) is 1.56. The van der Waals surface area contributed by atoms with Crippen molar-refractivity contribution in [3.05, 3.63) is 77.9 Å². The van der Waals surface area contributed by atoms with Crippen molar-refractivity contribution in [3.8, 4) is 11.4 Å². The Morgan fingerprint density at radius 1 is 1.19 bits per heavy atom. The van der Waals surface area contributed by atoms with Gasteiger partial charge in [-0.15, -0.1) is 0 Å². The van der Waals surface area contributed by atoms with E-state index in [9.17, 15) is 4.79 Å². The Labute approximate surface area is 160 Å². The van der Waals surface area contributed by atoms with Gasteiger partial charge in [-0.25, -0.2) is 4.98 Å². The molecule has 0 fully saturated rings. The lowest BCUT2D eigenvalue weighted by molar-refractivity contribution is -0.128. The third-order valence-electron chi connectivity index (χ3n) is 4.44. The highest BCUT2D eigenvalue weighted by molar-refractivity contribution is 5.81. The second kappa shape index (κ2) is 8.54. The first kappa shape index (κ1) is 18.7. The zero-order valence-electron chi connectivity index (χ0n) is 16.0. The van der Waals surface area contributed by atoms with Crippen molar-refractivity contribution in [1.29, 1.82) is 0 Å². The third-order valence-corrected chi connectivity index (χ3v) is 4.44. The molecule has 1 atom stereocenters. The van der Waals surface area contributed by atoms with Crippen LogP contribution in [-0.2, 0) is 11.3 Å². The summed E-state index contributed by atoms with van der Waals surface area (Å²) in [7, 11) is 0. The number of aryl methyl sites for hydroxylation is 2. The SMILES string of the molecule is CC[C@H](Oc1cccc(C)c1)C(=O)NCc1ccc(-n2ccnc2C)cc1. The predicted molar refractivity (Wildman–Crippen MR) is 106 cm³/mol. The fourth-order valence-corrected chi connectivity index (χ4v) is 2.90. The van der Waals surface area contributed by atoms with E-state index in [0.29, 0.717) is 13.0 Å². The summed E-state index contributed by atoms with van der Waals surface area (Å²) in [6, 6.07) is 15.8. The van der Waals surface area contributed by atoms with Crippen molar-refractivity contribution in [2.45, 2.75) is 39.8 Å². The number of hydrogen-bond donors (Lipinski definition) is 1. The van der Waals surface area contributed by atoms with Gasteiger partial charge in [-0.2, -0.15) is 0 Å². The van der Waals surface area contributed by atoms with E-state index < -0.39 is 6.10 Å². The Morgan fingerprint density at radius 2 is 1.96 bits per heavy atom. The van der Waals surface area contributed by atoms with Crippen molar-refractivity contribution in [3.63, 3.8) is 0 Å². The van der Waals surface area contributed by atoms with E-state index in [-0.39, 0.29) is 5.91 Å². The van der Waals surface area contributed by atoms with Gasteiger partial charge in [0.25, 0.3) is 5.91 Å². The van der Waals surface area contributed by atoms with Crippen molar-refractivity contribution < 1.29 is 9.53 Å². The van der Waals surface area contributed by atoms with Gasteiger partial charge in [-0.05, 0) is 55.7 Å². The number of carbonyl (C=O) groups excluding carboxylic acids is 1. The number of hydrogen-bond acceptors (Lipinski definition) is 3. The number of amides is 1. The molecule has 0 unspecified atom stereocenters. The fraction of sp³-hybridized carbons (Fsp3) is 0.273. The Balaban J connectivity index is 1.58. The minimum Gasteiger partial charge on any atom is -0.481 e. The normalized spacial score (nSPS) is 11.8. The molecule has 0 bridgehead atoms. The van der Waals surface area contributed by atoms with Crippen LogP contribution >= 0.6 is 0 Å². The molecule has 1 amide bonds. The van der Waals surface area contributed by atoms with Crippen LogP contribution in [0.4, 0.5) is 0 Å². The molecule has 0 aliphatic rings. The van der Waals surface area contributed by atoms with Crippen LogP contribution in [0.5, 0.6) is 5.75 Å². The number of benzene rings is 2. The molecule has 140 valence electrons. The first-order chi connectivity index (χ1) is 13.1. The van der Waals surface area contributed by atoms with E-state index in [1.807, 2.05) is 80.1 Å². The zero-order chi connectivity index (χ0) is 19.2. The van der Waals surface area contributed by atoms with Crippen LogP contribution in [0.25, 0.3) is 5.69 Å². The van der Waals surface area contributed by atoms with Gasteiger partial charge in [0.1, 0.15) is 11.6 Å². The molecule has 1 heterocycles. The van der Waals surface area contributed by atoms with Crippen LogP contribution in [0.1, 0.15) is 30.3 Å². The minimum absolute atomic E-state index is 0.103. The molecule has 5 heteroatoms. The van der Waals surface area contributed by atoms with Crippen molar-refractivity contribution in [2.24, 2.45) is 0 Å². The summed E-state index contributed by atoms with van der Waals surface area (Å²) in [6.07, 6.45) is 3.82. The van der Waals surface area contributed by atoms with E-state index >= 15 is 0 Å². The van der Waals surface area contributed by atoms with Crippen molar-refractivity contribution >= 4 is 5.91 Å². The highest BCUT2D eigenvalue weighted by Crippen LogP contribution is 2.16. The minimum atomic E-state index is -0.500. The lowest BCUT2D eigenvalue weighted by Crippen LogP contribution is -2.37. The van der Waals surface area contributed by atoms with Gasteiger partial charge in [0.15, 0.2) is 6.10 Å². The molecule has 5 nitrogen and oxygen atoms in total. The molecule has 1 aromatic heterocycles. The Morgan fingerprint density at radius 3 is 2.59 bits per heavy atom. The number of carbonyl (C=O) groups is 1. The average Bonchev–Trinajstić information content (AvgIpc) is 3.10. The Hall–Kier alpha value is -3.08. The van der Waals surface area contributed by atoms with Crippen molar-refractivity contribution in [2.75, 3.05) is 0 Å². The lowest BCUT2D eigenvalue weighted by atomic mass is 10.2. The summed E-state index contributed by atoms with van der Waals surface area (Å²) in [5, 5.41) is 2.97. The predicted octanol–water partition coefficient (Wildman–Crippen LogP) is 3.96. The molecule has 3 rings (SSSR count). The third kappa shape index (κ3) is 4.76. The van der Waals surface area contributed by atoms with E-state index in [4.69, 9.17) is 4.74 Å². The number of ether oxygens (including phenoxy) is 1.